The van der Waals surface area contributed by atoms with Crippen LogP contribution < -0.4 is 0 Å². The Morgan fingerprint density at radius 3 is 1.49 bits per heavy atom. The average Bonchev–Trinajstić information content (AvgIpc) is 2.96. The molecule has 0 atom stereocenters. The minimum atomic E-state index is -5.68. The normalized spacial score (nSPS) is 12.7. The smallest absolute Gasteiger partial charge is 0.460 e. The predicted octanol–water partition coefficient (Wildman–Crippen LogP) is 8.41. The van der Waals surface area contributed by atoms with Crippen LogP contribution in [0, 0.1) is 0 Å². The minimum absolute atomic E-state index is 0.292. The van der Waals surface area contributed by atoms with E-state index in [1.54, 1.807) is 91.0 Å². The quantitative estimate of drug-likeness (QED) is 0.0544. The molecule has 0 heterocycles. The average molecular weight is 600 g/mol. The fourth-order valence-electron chi connectivity index (χ4n) is 4.02. The molecule has 3 rings (SSSR count). The maximum atomic E-state index is 15.3. The Morgan fingerprint density at radius 2 is 1.08 bits per heavy atom. The molecule has 3 aromatic carbocycles. The van der Waals surface area contributed by atoms with Crippen molar-refractivity contribution < 1.29 is 30.4 Å². The largest absolute Gasteiger partial charge is 0.514 e. The van der Waals surface area contributed by atoms with Crippen LogP contribution in [0.15, 0.2) is 106 Å². The molecule has 0 aromatic heterocycles. The first-order valence-electron chi connectivity index (χ1n) is 12.8. The van der Waals surface area contributed by atoms with Crippen molar-refractivity contribution in [3.8, 4) is 0 Å². The van der Waals surface area contributed by atoms with Gasteiger partial charge in [0.25, 0.3) is 0 Å². The van der Waals surface area contributed by atoms with Crippen molar-refractivity contribution in [2.75, 3.05) is 12.5 Å². The number of ether oxygens (including phenoxy) is 1. The molecular formula is C29H34ClF2O5S2+. The zero-order valence-corrected chi connectivity index (χ0v) is 23.9. The van der Waals surface area contributed by atoms with Gasteiger partial charge in [0.2, 0.25) is 0 Å². The molecule has 0 spiro atoms. The van der Waals surface area contributed by atoms with Crippen LogP contribution in [0.3, 0.4) is 0 Å². The van der Waals surface area contributed by atoms with Gasteiger partial charge in [-0.15, -0.1) is 20.0 Å². The lowest BCUT2D eigenvalue weighted by Gasteiger charge is -2.35. The molecular weight excluding hydrogens is 566 g/mol. The zero-order valence-electron chi connectivity index (χ0n) is 21.6. The first-order valence-corrected chi connectivity index (χ1v) is 16.4. The van der Waals surface area contributed by atoms with Gasteiger partial charge >= 0.3 is 21.3 Å². The summed E-state index contributed by atoms with van der Waals surface area (Å²) in [6, 6.07) is 25.3. The Morgan fingerprint density at radius 1 is 0.692 bits per heavy atom. The minimum Gasteiger partial charge on any atom is -0.460 e. The van der Waals surface area contributed by atoms with E-state index >= 15 is 8.78 Å². The Bertz CT molecular complexity index is 1160. The van der Waals surface area contributed by atoms with E-state index in [1.165, 1.54) is 0 Å². The summed E-state index contributed by atoms with van der Waals surface area (Å²) in [4.78, 5) is 13.7. The third-order valence-electron chi connectivity index (χ3n) is 6.04. The van der Waals surface area contributed by atoms with Gasteiger partial charge in [-0.1, -0.05) is 86.7 Å². The van der Waals surface area contributed by atoms with E-state index < -0.39 is 31.7 Å². The van der Waals surface area contributed by atoms with Crippen molar-refractivity contribution in [2.45, 2.75) is 64.9 Å². The molecule has 0 aliphatic carbocycles. The Hall–Kier alpha value is -2.46. The number of rotatable bonds is 16. The highest BCUT2D eigenvalue weighted by molar-refractivity contribution is 8.32. The lowest BCUT2D eigenvalue weighted by molar-refractivity contribution is -0.161. The van der Waals surface area contributed by atoms with Crippen LogP contribution in [0.1, 0.15) is 44.9 Å². The van der Waals surface area contributed by atoms with E-state index in [2.05, 4.69) is 3.63 Å². The fraction of sp³-hybridized carbons (Fsp3) is 0.345. The highest BCUT2D eigenvalue weighted by Gasteiger charge is 2.63. The van der Waals surface area contributed by atoms with Crippen LogP contribution in [-0.4, -0.2) is 35.8 Å². The highest BCUT2D eigenvalue weighted by Crippen LogP contribution is 2.68. The first kappa shape index (κ1) is 31.1. The van der Waals surface area contributed by atoms with Crippen molar-refractivity contribution >= 4 is 38.0 Å². The summed E-state index contributed by atoms with van der Waals surface area (Å²) in [7, 11) is -8.79. The predicted molar refractivity (Wildman–Crippen MR) is 152 cm³/mol. The van der Waals surface area contributed by atoms with E-state index in [0.717, 1.165) is 32.1 Å². The monoisotopic (exact) mass is 599 g/mol. The molecule has 0 aliphatic heterocycles. The molecule has 0 saturated carbocycles. The number of hydrogen-bond donors (Lipinski definition) is 0. The topological polar surface area (TPSA) is 73.2 Å². The van der Waals surface area contributed by atoms with Crippen LogP contribution in [0.2, 0.25) is 0 Å². The van der Waals surface area contributed by atoms with Crippen LogP contribution in [0.25, 0.3) is 0 Å². The summed E-state index contributed by atoms with van der Waals surface area (Å²) < 4.78 is 65.8. The molecule has 5 nitrogen and oxygen atoms in total. The van der Waals surface area contributed by atoms with Gasteiger partial charge in [-0.25, -0.2) is 4.79 Å². The molecule has 0 unspecified atom stereocenters. The molecule has 0 bridgehead atoms. The second kappa shape index (κ2) is 14.8. The lowest BCUT2D eigenvalue weighted by atomic mass is 10.1. The molecule has 0 aliphatic rings. The van der Waals surface area contributed by atoms with Crippen LogP contribution >= 0.6 is 21.9 Å². The van der Waals surface area contributed by atoms with Gasteiger partial charge in [-0.05, 0) is 49.2 Å². The zero-order chi connectivity index (χ0) is 28.2. The van der Waals surface area contributed by atoms with Crippen molar-refractivity contribution in [2.24, 2.45) is 0 Å². The van der Waals surface area contributed by atoms with E-state index in [9.17, 15) is 13.2 Å². The standard InChI is InChI=1S/C29H33ClF2O5S2/c30-23-15-4-2-1-3-5-16-24-36-28(33)29(31,32)39(34,35)37-38(25-17-9-6-10-18-25,26-19-11-7-12-20-26)27-21-13-8-14-22-27/h6-14,17-22H,1-5,15-16,23-24H2/p+1. The van der Waals surface area contributed by atoms with Crippen molar-refractivity contribution in [1.29, 1.82) is 0 Å². The summed E-state index contributed by atoms with van der Waals surface area (Å²) in [6.45, 7) is -0.292. The molecule has 3 aromatic rings. The van der Waals surface area contributed by atoms with Crippen molar-refractivity contribution in [3.63, 3.8) is 0 Å². The maximum absolute atomic E-state index is 15.3. The van der Waals surface area contributed by atoms with Gasteiger partial charge < -0.3 is 4.74 Å². The number of carbonyl (C=O) groups excluding carboxylic acids is 1. The molecule has 0 radical (unpaired) electrons. The summed E-state index contributed by atoms with van der Waals surface area (Å²) >= 11 is 5.65. The van der Waals surface area contributed by atoms with E-state index in [1.807, 2.05) is 0 Å². The Balaban J connectivity index is 1.84. The highest BCUT2D eigenvalue weighted by atomic mass is 35.5. The Kier molecular flexibility index (Phi) is 11.8. The molecule has 39 heavy (non-hydrogen) atoms. The van der Waals surface area contributed by atoms with Gasteiger partial charge in [0, 0.05) is 5.88 Å². The van der Waals surface area contributed by atoms with Crippen LogP contribution in [0.4, 0.5) is 8.78 Å². The van der Waals surface area contributed by atoms with Crippen molar-refractivity contribution in [1.82, 2.24) is 0 Å². The molecule has 0 amide bonds. The second-order valence-electron chi connectivity index (χ2n) is 8.89. The lowest BCUT2D eigenvalue weighted by Crippen LogP contribution is -2.42. The molecule has 212 valence electrons. The summed E-state index contributed by atoms with van der Waals surface area (Å²) in [5.74, 6) is -1.49. The maximum Gasteiger partial charge on any atom is 0.514 e. The third-order valence-corrected chi connectivity index (χ3v) is 11.7. The SMILES string of the molecule is O=C(OCCCCCCCCCCl)C(F)(F)S(=O)(=O)[OH+]S(c1ccccc1)(c1ccccc1)c1ccccc1. The number of carbonyl (C=O) groups is 1. The van der Waals surface area contributed by atoms with E-state index in [4.69, 9.17) is 16.3 Å². The number of esters is 1. The third kappa shape index (κ3) is 7.81. The summed E-state index contributed by atoms with van der Waals surface area (Å²) in [6.07, 6.45) is 5.89. The van der Waals surface area contributed by atoms with Gasteiger partial charge in [0.05, 0.1) is 31.6 Å². The van der Waals surface area contributed by atoms with Crippen LogP contribution in [0.5, 0.6) is 0 Å². The number of alkyl halides is 3. The number of benzene rings is 3. The second-order valence-corrected chi connectivity index (χ2v) is 13.9. The van der Waals surface area contributed by atoms with Gasteiger partial charge in [-0.2, -0.15) is 8.78 Å². The number of unbranched alkanes of at least 4 members (excludes halogenated alkanes) is 6. The van der Waals surface area contributed by atoms with E-state index in [0.29, 0.717) is 33.4 Å². The van der Waals surface area contributed by atoms with Gasteiger partial charge in [0.1, 0.15) is 0 Å². The van der Waals surface area contributed by atoms with Gasteiger partial charge in [-0.3, -0.25) is 3.63 Å². The molecule has 10 heteroatoms. The van der Waals surface area contributed by atoms with Crippen LogP contribution in [-0.2, 0) is 19.6 Å². The summed E-state index contributed by atoms with van der Waals surface area (Å²) in [5.41, 5.74) is 0. The number of hydrogen-bond acceptors (Lipinski definition) is 4. The number of halogens is 3. The molecule has 0 fully saturated rings. The molecule has 0 saturated heterocycles. The molecule has 1 N–H and O–H groups in total. The first-order chi connectivity index (χ1) is 18.8. The van der Waals surface area contributed by atoms with E-state index in [-0.39, 0.29) is 6.61 Å². The van der Waals surface area contributed by atoms with Crippen molar-refractivity contribution in [3.05, 3.63) is 91.0 Å². The summed E-state index contributed by atoms with van der Waals surface area (Å²) in [5, 5.41) is -4.86. The fourth-order valence-corrected chi connectivity index (χ4v) is 9.53. The Labute approximate surface area is 236 Å². The van der Waals surface area contributed by atoms with Gasteiger partial charge in [0.15, 0.2) is 0 Å².